The van der Waals surface area contributed by atoms with Gasteiger partial charge in [0.25, 0.3) is 0 Å². The Labute approximate surface area is 114 Å². The molecule has 0 unspecified atom stereocenters. The van der Waals surface area contributed by atoms with Crippen LogP contribution < -0.4 is 5.73 Å². The van der Waals surface area contributed by atoms with Crippen molar-refractivity contribution in [1.29, 1.82) is 5.26 Å². The Bertz CT molecular complexity index is 486. The normalized spacial score (nSPS) is 10.9. The second-order valence-electron chi connectivity index (χ2n) is 4.84. The molecule has 4 heteroatoms. The zero-order chi connectivity index (χ0) is 14.5. The van der Waals surface area contributed by atoms with Gasteiger partial charge in [0.2, 0.25) is 5.91 Å². The third-order valence-electron chi connectivity index (χ3n) is 3.51. The molecule has 1 aromatic rings. The summed E-state index contributed by atoms with van der Waals surface area (Å²) in [5, 5.41) is 8.86. The summed E-state index contributed by atoms with van der Waals surface area (Å²) in [6, 6.07) is 9.36. The molecule has 0 fully saturated rings. The largest absolute Gasteiger partial charge is 0.340 e. The third kappa shape index (κ3) is 3.55. The first kappa shape index (κ1) is 15.2. The van der Waals surface area contributed by atoms with Crippen molar-refractivity contribution >= 4 is 5.91 Å². The van der Waals surface area contributed by atoms with Crippen molar-refractivity contribution in [3.05, 3.63) is 35.4 Å². The average molecular weight is 259 g/mol. The molecule has 0 aliphatic heterocycles. The number of benzene rings is 1. The van der Waals surface area contributed by atoms with Gasteiger partial charge < -0.3 is 10.6 Å². The Balaban J connectivity index is 2.82. The van der Waals surface area contributed by atoms with Crippen molar-refractivity contribution in [1.82, 2.24) is 4.90 Å². The van der Waals surface area contributed by atoms with Gasteiger partial charge in [-0.2, -0.15) is 5.26 Å². The van der Waals surface area contributed by atoms with Crippen LogP contribution in [0, 0.1) is 11.3 Å². The van der Waals surface area contributed by atoms with Crippen LogP contribution in [0.3, 0.4) is 0 Å². The number of carbonyl (C=O) groups excluding carboxylic acids is 1. The summed E-state index contributed by atoms with van der Waals surface area (Å²) in [6.07, 6.45) is 1.23. The van der Waals surface area contributed by atoms with E-state index in [0.717, 1.165) is 5.56 Å². The molecule has 0 saturated carbocycles. The minimum atomic E-state index is -0.790. The van der Waals surface area contributed by atoms with E-state index < -0.39 is 5.54 Å². The van der Waals surface area contributed by atoms with Crippen LogP contribution in [0.15, 0.2) is 24.3 Å². The molecule has 4 nitrogen and oxygen atoms in total. The van der Waals surface area contributed by atoms with E-state index in [2.05, 4.69) is 6.07 Å². The van der Waals surface area contributed by atoms with Crippen molar-refractivity contribution in [3.8, 4) is 6.07 Å². The summed E-state index contributed by atoms with van der Waals surface area (Å²) in [5.41, 5.74) is 6.85. The van der Waals surface area contributed by atoms with E-state index in [4.69, 9.17) is 11.0 Å². The van der Waals surface area contributed by atoms with Crippen molar-refractivity contribution in [3.63, 3.8) is 0 Å². The van der Waals surface area contributed by atoms with E-state index in [9.17, 15) is 4.79 Å². The first-order chi connectivity index (χ1) is 8.96. The van der Waals surface area contributed by atoms with Crippen LogP contribution in [-0.2, 0) is 11.3 Å². The van der Waals surface area contributed by atoms with Gasteiger partial charge in [-0.1, -0.05) is 26.0 Å². The number of hydrogen-bond acceptors (Lipinski definition) is 3. The van der Waals surface area contributed by atoms with Crippen molar-refractivity contribution in [2.24, 2.45) is 5.73 Å². The smallest absolute Gasteiger partial charge is 0.242 e. The highest BCUT2D eigenvalue weighted by Gasteiger charge is 2.32. The fourth-order valence-corrected chi connectivity index (χ4v) is 2.02. The Kier molecular flexibility index (Phi) is 5.08. The third-order valence-corrected chi connectivity index (χ3v) is 3.51. The van der Waals surface area contributed by atoms with E-state index in [1.165, 1.54) is 0 Å². The molecule has 0 radical (unpaired) electrons. The second-order valence-corrected chi connectivity index (χ2v) is 4.84. The van der Waals surface area contributed by atoms with Gasteiger partial charge in [0.1, 0.15) is 0 Å². The van der Waals surface area contributed by atoms with Crippen LogP contribution in [-0.4, -0.2) is 23.4 Å². The maximum atomic E-state index is 12.3. The molecule has 0 aliphatic rings. The number of rotatable bonds is 5. The first-order valence-electron chi connectivity index (χ1n) is 6.50. The predicted molar refractivity (Wildman–Crippen MR) is 75.1 cm³/mol. The highest BCUT2D eigenvalue weighted by Crippen LogP contribution is 2.16. The summed E-state index contributed by atoms with van der Waals surface area (Å²) in [6.45, 7) is 4.31. The zero-order valence-electron chi connectivity index (χ0n) is 11.8. The standard InChI is InChI=1S/C15H21N3O/c1-4-15(17,5-2)14(19)18(3)11-13-8-6-7-12(9-13)10-16/h6-9H,4-5,11,17H2,1-3H3. The molecule has 1 amide bonds. The lowest BCUT2D eigenvalue weighted by Gasteiger charge is -2.30. The van der Waals surface area contributed by atoms with E-state index in [-0.39, 0.29) is 5.91 Å². The molecule has 0 aliphatic carbocycles. The van der Waals surface area contributed by atoms with Gasteiger partial charge in [0.05, 0.1) is 17.2 Å². The van der Waals surface area contributed by atoms with Crippen molar-refractivity contribution in [2.45, 2.75) is 38.8 Å². The molecule has 1 aromatic carbocycles. The molecule has 0 atom stereocenters. The maximum Gasteiger partial charge on any atom is 0.242 e. The van der Waals surface area contributed by atoms with E-state index in [1.807, 2.05) is 26.0 Å². The van der Waals surface area contributed by atoms with E-state index in [0.29, 0.717) is 24.9 Å². The summed E-state index contributed by atoms with van der Waals surface area (Å²) in [7, 11) is 1.74. The Morgan fingerprint density at radius 1 is 1.42 bits per heavy atom. The Morgan fingerprint density at radius 3 is 2.58 bits per heavy atom. The van der Waals surface area contributed by atoms with E-state index >= 15 is 0 Å². The van der Waals surface area contributed by atoms with Gasteiger partial charge >= 0.3 is 0 Å². The molecule has 19 heavy (non-hydrogen) atoms. The highest BCUT2D eigenvalue weighted by atomic mass is 16.2. The lowest BCUT2D eigenvalue weighted by atomic mass is 9.92. The number of carbonyl (C=O) groups is 1. The molecule has 0 heterocycles. The van der Waals surface area contributed by atoms with Crippen LogP contribution >= 0.6 is 0 Å². The summed E-state index contributed by atoms with van der Waals surface area (Å²) >= 11 is 0. The minimum absolute atomic E-state index is 0.0557. The molecule has 0 bridgehead atoms. The van der Waals surface area contributed by atoms with E-state index in [1.54, 1.807) is 24.1 Å². The van der Waals surface area contributed by atoms with Crippen molar-refractivity contribution < 1.29 is 4.79 Å². The molecule has 102 valence electrons. The number of amides is 1. The van der Waals surface area contributed by atoms with Crippen LogP contribution in [0.1, 0.15) is 37.8 Å². The van der Waals surface area contributed by atoms with Gasteiger partial charge in [-0.05, 0) is 30.5 Å². The quantitative estimate of drug-likeness (QED) is 0.879. The lowest BCUT2D eigenvalue weighted by Crippen LogP contribution is -2.53. The van der Waals surface area contributed by atoms with Crippen LogP contribution in [0.25, 0.3) is 0 Å². The summed E-state index contributed by atoms with van der Waals surface area (Å²) in [4.78, 5) is 14.0. The summed E-state index contributed by atoms with van der Waals surface area (Å²) in [5.74, 6) is -0.0557. The van der Waals surface area contributed by atoms with Gasteiger partial charge in [-0.25, -0.2) is 0 Å². The van der Waals surface area contributed by atoms with Gasteiger partial charge in [0.15, 0.2) is 0 Å². The fraction of sp³-hybridized carbons (Fsp3) is 0.467. The maximum absolute atomic E-state index is 12.3. The Hall–Kier alpha value is -1.86. The number of hydrogen-bond donors (Lipinski definition) is 1. The van der Waals surface area contributed by atoms with Crippen LogP contribution in [0.2, 0.25) is 0 Å². The summed E-state index contributed by atoms with van der Waals surface area (Å²) < 4.78 is 0. The molecule has 2 N–H and O–H groups in total. The highest BCUT2D eigenvalue weighted by molar-refractivity contribution is 5.85. The number of nitrogens with two attached hydrogens (primary N) is 1. The van der Waals surface area contributed by atoms with Crippen LogP contribution in [0.4, 0.5) is 0 Å². The lowest BCUT2D eigenvalue weighted by molar-refractivity contribution is -0.136. The topological polar surface area (TPSA) is 70.1 Å². The minimum Gasteiger partial charge on any atom is -0.340 e. The fourth-order valence-electron chi connectivity index (χ4n) is 2.02. The van der Waals surface area contributed by atoms with Crippen LogP contribution in [0.5, 0.6) is 0 Å². The number of nitrogens with zero attached hydrogens (tertiary/aromatic N) is 2. The monoisotopic (exact) mass is 259 g/mol. The molecular formula is C15H21N3O. The Morgan fingerprint density at radius 2 is 2.05 bits per heavy atom. The predicted octanol–water partition coefficient (Wildman–Crippen LogP) is 2.03. The first-order valence-corrected chi connectivity index (χ1v) is 6.50. The number of nitriles is 1. The average Bonchev–Trinajstić information content (AvgIpc) is 2.45. The molecular weight excluding hydrogens is 238 g/mol. The molecule has 0 aromatic heterocycles. The van der Waals surface area contributed by atoms with Gasteiger partial charge in [-0.3, -0.25) is 4.79 Å². The number of likely N-dealkylation sites (N-methyl/N-ethyl adjacent to an activating group) is 1. The SMILES string of the molecule is CCC(N)(CC)C(=O)N(C)Cc1cccc(C#N)c1. The van der Waals surface area contributed by atoms with Gasteiger partial charge in [-0.15, -0.1) is 0 Å². The molecule has 0 spiro atoms. The second kappa shape index (κ2) is 6.35. The molecule has 0 saturated heterocycles. The van der Waals surface area contributed by atoms with Crippen molar-refractivity contribution in [2.75, 3.05) is 7.05 Å². The molecule has 1 rings (SSSR count). The van der Waals surface area contributed by atoms with Gasteiger partial charge in [0, 0.05) is 13.6 Å². The zero-order valence-corrected chi connectivity index (χ0v) is 11.8.